The largest absolute Gasteiger partial charge is 0.505 e. The van der Waals surface area contributed by atoms with Gasteiger partial charge in [0.2, 0.25) is 0 Å². The molecule has 1 aromatic heterocycles. The Morgan fingerprint density at radius 3 is 1.56 bits per heavy atom. The maximum atomic E-state index is 3.41. The molecule has 5 heteroatoms. The van der Waals surface area contributed by atoms with Crippen LogP contribution in [-0.4, -0.2) is 15.0 Å². The van der Waals surface area contributed by atoms with Gasteiger partial charge in [0.1, 0.15) is 0 Å². The predicted octanol–water partition coefficient (Wildman–Crippen LogP) is -0.0827. The Balaban J connectivity index is -0.000000120. The van der Waals surface area contributed by atoms with Gasteiger partial charge in [-0.3, -0.25) is 0 Å². The molecule has 1 aromatic rings. The zero-order valence-electron chi connectivity index (χ0n) is 5.07. The van der Waals surface area contributed by atoms with Gasteiger partial charge in [0.15, 0.2) is 0 Å². The molecule has 1 rings (SSSR count). The van der Waals surface area contributed by atoms with Crippen molar-refractivity contribution in [2.45, 2.75) is 0 Å². The van der Waals surface area contributed by atoms with E-state index < -0.39 is 0 Å². The van der Waals surface area contributed by atoms with Crippen molar-refractivity contribution in [2.75, 3.05) is 0 Å². The van der Waals surface area contributed by atoms with Crippen LogP contribution >= 0.6 is 0 Å². The van der Waals surface area contributed by atoms with E-state index in [9.17, 15) is 0 Å². The van der Waals surface area contributed by atoms with E-state index in [0.29, 0.717) is 0 Å². The third-order valence-electron chi connectivity index (χ3n) is 0.331. The van der Waals surface area contributed by atoms with Gasteiger partial charge in [-0.05, 0) is 0 Å². The summed E-state index contributed by atoms with van der Waals surface area (Å²) in [5, 5.41) is 0. The minimum Gasteiger partial charge on any atom is -0.505 e. The normalized spacial score (nSPS) is 5.33. The maximum Gasteiger partial charge on any atom is 0 e. The zero-order chi connectivity index (χ0) is 4.24. The van der Waals surface area contributed by atoms with Gasteiger partial charge in [-0.25, -0.2) is 0 Å². The van der Waals surface area contributed by atoms with Crippen molar-refractivity contribution in [1.82, 2.24) is 15.0 Å². The van der Waals surface area contributed by atoms with Gasteiger partial charge >= 0.3 is 0 Å². The summed E-state index contributed by atoms with van der Waals surface area (Å²) < 4.78 is 0. The second-order valence-corrected chi connectivity index (χ2v) is 0.685. The van der Waals surface area contributed by atoms with Crippen molar-refractivity contribution in [2.24, 2.45) is 0 Å². The second kappa shape index (κ2) is 11.9. The SMILES string of the molecule is [CH3-].[Y].[Y].[c-]1n[c-]ncn1. The summed E-state index contributed by atoms with van der Waals surface area (Å²) in [6.45, 7) is 0. The molecule has 0 amide bonds. The molecule has 2 radical (unpaired) electrons. The number of hydrogen-bond donors (Lipinski definition) is 0. The van der Waals surface area contributed by atoms with Crippen LogP contribution in [-0.2, 0) is 65.4 Å². The molecule has 0 aliphatic carbocycles. The standard InChI is InChI=1S/C3HN3.CH3.2Y/c1-4-2-6-3-5-1;;;/h1H;1H3;;/q-2;-1;;. The number of aromatic nitrogens is 3. The smallest absolute Gasteiger partial charge is 0 e. The molecule has 1 heterocycles. The third-order valence-corrected chi connectivity index (χ3v) is 0.331. The first kappa shape index (κ1) is 16.7. The Labute approximate surface area is 105 Å². The Bertz CT molecular complexity index is 85.7. The Morgan fingerprint density at radius 1 is 1.00 bits per heavy atom. The quantitative estimate of drug-likeness (QED) is 0.620. The van der Waals surface area contributed by atoms with Crippen molar-refractivity contribution in [3.05, 3.63) is 26.4 Å². The minimum atomic E-state index is 0. The van der Waals surface area contributed by atoms with Gasteiger partial charge in [-0.2, -0.15) is 12.7 Å². The van der Waals surface area contributed by atoms with Crippen LogP contribution in [0, 0.1) is 20.1 Å². The molecule has 0 unspecified atom stereocenters. The number of nitrogens with zero attached hydrogens (tertiary/aromatic N) is 3. The maximum absolute atomic E-state index is 3.41. The average molecular weight is 272 g/mol. The van der Waals surface area contributed by atoms with Crippen LogP contribution in [0.15, 0.2) is 6.33 Å². The molecule has 0 spiro atoms. The monoisotopic (exact) mass is 272 g/mol. The fourth-order valence-corrected chi connectivity index (χ4v) is 0.161. The van der Waals surface area contributed by atoms with Crippen LogP contribution < -0.4 is 0 Å². The van der Waals surface area contributed by atoms with E-state index in [1.54, 1.807) is 0 Å². The summed E-state index contributed by atoms with van der Waals surface area (Å²) in [5.41, 5.74) is 0. The van der Waals surface area contributed by atoms with Gasteiger partial charge in [0.05, 0.1) is 0 Å². The second-order valence-electron chi connectivity index (χ2n) is 0.685. The fourth-order valence-electron chi connectivity index (χ4n) is 0.161. The molecule has 0 aliphatic rings. The molecular formula is C4H4N3Y2-3. The molecule has 0 saturated carbocycles. The van der Waals surface area contributed by atoms with E-state index in [2.05, 4.69) is 27.6 Å². The van der Waals surface area contributed by atoms with Crippen LogP contribution in [0.3, 0.4) is 0 Å². The summed E-state index contributed by atoms with van der Waals surface area (Å²) in [6, 6.07) is 0. The third kappa shape index (κ3) is 9.22. The van der Waals surface area contributed by atoms with Crippen LogP contribution in [0.4, 0.5) is 0 Å². The molecule has 0 aliphatic heterocycles. The van der Waals surface area contributed by atoms with Gasteiger partial charge < -0.3 is 22.4 Å². The van der Waals surface area contributed by atoms with E-state index in [-0.39, 0.29) is 72.8 Å². The summed E-state index contributed by atoms with van der Waals surface area (Å²) >= 11 is 0. The molecule has 0 N–H and O–H groups in total. The van der Waals surface area contributed by atoms with E-state index >= 15 is 0 Å². The van der Waals surface area contributed by atoms with Gasteiger partial charge in [-0.1, -0.05) is 0 Å². The van der Waals surface area contributed by atoms with Crippen LogP contribution in [0.2, 0.25) is 0 Å². The van der Waals surface area contributed by atoms with Gasteiger partial charge in [0, 0.05) is 65.4 Å². The summed E-state index contributed by atoms with van der Waals surface area (Å²) in [7, 11) is 0. The van der Waals surface area contributed by atoms with E-state index in [1.807, 2.05) is 0 Å². The topological polar surface area (TPSA) is 38.7 Å². The van der Waals surface area contributed by atoms with Crippen LogP contribution in [0.25, 0.3) is 0 Å². The molecule has 9 heavy (non-hydrogen) atoms. The van der Waals surface area contributed by atoms with E-state index in [0.717, 1.165) is 0 Å². The molecule has 0 bridgehead atoms. The average Bonchev–Trinajstić information content (AvgIpc) is 1.72. The van der Waals surface area contributed by atoms with E-state index in [4.69, 9.17) is 0 Å². The minimum absolute atomic E-state index is 0. The summed E-state index contributed by atoms with van der Waals surface area (Å²) in [6.07, 6.45) is 5.88. The molecule has 0 aromatic carbocycles. The van der Waals surface area contributed by atoms with Crippen molar-refractivity contribution in [3.63, 3.8) is 0 Å². The van der Waals surface area contributed by atoms with Crippen molar-refractivity contribution < 1.29 is 65.4 Å². The first-order valence-electron chi connectivity index (χ1n) is 1.41. The molecule has 44 valence electrons. The fraction of sp³-hybridized carbons (Fsp3) is 0. The Hall–Kier alpha value is 1.22. The molecule has 0 atom stereocenters. The first-order chi connectivity index (χ1) is 3.00. The van der Waals surface area contributed by atoms with Crippen LogP contribution in [0.5, 0.6) is 0 Å². The zero-order valence-corrected chi connectivity index (χ0v) is 10.8. The predicted molar refractivity (Wildman–Crippen MR) is 23.9 cm³/mol. The number of hydrogen-bond acceptors (Lipinski definition) is 3. The first-order valence-corrected chi connectivity index (χ1v) is 1.41. The van der Waals surface area contributed by atoms with Crippen molar-refractivity contribution in [3.8, 4) is 0 Å². The van der Waals surface area contributed by atoms with Gasteiger partial charge in [-0.15, -0.1) is 6.33 Å². The number of rotatable bonds is 0. The Kier molecular flexibility index (Phi) is 22.1. The molecular weight excluding hydrogens is 268 g/mol. The van der Waals surface area contributed by atoms with E-state index in [1.165, 1.54) is 6.33 Å². The Morgan fingerprint density at radius 2 is 1.44 bits per heavy atom. The van der Waals surface area contributed by atoms with Gasteiger partial charge in [0.25, 0.3) is 0 Å². The van der Waals surface area contributed by atoms with Crippen molar-refractivity contribution in [1.29, 1.82) is 0 Å². The molecule has 0 saturated heterocycles. The molecule has 3 nitrogen and oxygen atoms in total. The van der Waals surface area contributed by atoms with Crippen molar-refractivity contribution >= 4 is 0 Å². The van der Waals surface area contributed by atoms with Crippen LogP contribution in [0.1, 0.15) is 0 Å². The molecule has 0 fully saturated rings. The summed E-state index contributed by atoms with van der Waals surface area (Å²) in [5.74, 6) is 0. The summed E-state index contributed by atoms with van der Waals surface area (Å²) in [4.78, 5) is 10.1.